The molecule has 0 amide bonds. The Labute approximate surface area is 75.5 Å². The number of hydrogen-bond acceptors (Lipinski definition) is 3. The van der Waals surface area contributed by atoms with Crippen LogP contribution in [-0.2, 0) is 6.42 Å². The Morgan fingerprint density at radius 3 is 2.77 bits per heavy atom. The van der Waals surface area contributed by atoms with Crippen molar-refractivity contribution in [3.63, 3.8) is 0 Å². The largest absolute Gasteiger partial charge is 0.260 e. The summed E-state index contributed by atoms with van der Waals surface area (Å²) in [4.78, 5) is 12.9. The van der Waals surface area contributed by atoms with E-state index in [-0.39, 0.29) is 0 Å². The van der Waals surface area contributed by atoms with Crippen molar-refractivity contribution in [2.24, 2.45) is 0 Å². The van der Waals surface area contributed by atoms with E-state index in [0.717, 1.165) is 29.1 Å². The Bertz CT molecular complexity index is 422. The molecular formula is C10H7N3. The molecular weight excluding hydrogens is 162 g/mol. The number of nitrogens with zero attached hydrogens (tertiary/aromatic N) is 3. The molecule has 0 radical (unpaired) electrons. The Morgan fingerprint density at radius 2 is 1.77 bits per heavy atom. The van der Waals surface area contributed by atoms with Gasteiger partial charge in [-0.05, 0) is 12.1 Å². The summed E-state index contributed by atoms with van der Waals surface area (Å²) in [7, 11) is 0. The molecule has 0 saturated heterocycles. The van der Waals surface area contributed by atoms with Crippen LogP contribution in [0.5, 0.6) is 0 Å². The summed E-state index contributed by atoms with van der Waals surface area (Å²) in [5.74, 6) is 0. The third kappa shape index (κ3) is 0.869. The number of rotatable bonds is 0. The second-order valence-electron chi connectivity index (χ2n) is 3.03. The summed E-state index contributed by atoms with van der Waals surface area (Å²) >= 11 is 0. The van der Waals surface area contributed by atoms with Gasteiger partial charge in [0.15, 0.2) is 0 Å². The fourth-order valence-corrected chi connectivity index (χ4v) is 1.67. The number of pyridine rings is 1. The molecule has 0 atom stereocenters. The third-order valence-corrected chi connectivity index (χ3v) is 2.25. The molecule has 3 heteroatoms. The predicted octanol–water partition coefficient (Wildman–Crippen LogP) is 1.44. The smallest absolute Gasteiger partial charge is 0.0939 e. The first-order valence-corrected chi connectivity index (χ1v) is 4.19. The van der Waals surface area contributed by atoms with E-state index in [0.29, 0.717) is 0 Å². The average Bonchev–Trinajstić information content (AvgIpc) is 2.56. The van der Waals surface area contributed by atoms with Crippen molar-refractivity contribution in [1.29, 1.82) is 0 Å². The van der Waals surface area contributed by atoms with Gasteiger partial charge in [-0.3, -0.25) is 15.0 Å². The SMILES string of the molecule is c1cnc2c(c1)-c1nccnc1C2. The molecule has 0 fully saturated rings. The van der Waals surface area contributed by atoms with E-state index in [4.69, 9.17) is 0 Å². The van der Waals surface area contributed by atoms with Crippen molar-refractivity contribution in [3.8, 4) is 11.3 Å². The topological polar surface area (TPSA) is 38.7 Å². The highest BCUT2D eigenvalue weighted by Crippen LogP contribution is 2.31. The molecule has 0 N–H and O–H groups in total. The Kier molecular flexibility index (Phi) is 1.22. The first kappa shape index (κ1) is 6.71. The summed E-state index contributed by atoms with van der Waals surface area (Å²) in [6.07, 6.45) is 6.08. The zero-order valence-corrected chi connectivity index (χ0v) is 6.94. The maximum absolute atomic E-state index is 4.30. The zero-order chi connectivity index (χ0) is 8.67. The van der Waals surface area contributed by atoms with Crippen LogP contribution in [0.25, 0.3) is 11.3 Å². The molecule has 3 nitrogen and oxygen atoms in total. The van der Waals surface area contributed by atoms with Crippen molar-refractivity contribution in [1.82, 2.24) is 15.0 Å². The van der Waals surface area contributed by atoms with Gasteiger partial charge in [0.1, 0.15) is 0 Å². The minimum atomic E-state index is 0.819. The number of aromatic nitrogens is 3. The molecule has 2 heterocycles. The molecule has 0 aromatic carbocycles. The molecule has 1 aliphatic rings. The molecule has 13 heavy (non-hydrogen) atoms. The lowest BCUT2D eigenvalue weighted by molar-refractivity contribution is 1.05. The van der Waals surface area contributed by atoms with Crippen LogP contribution in [-0.4, -0.2) is 15.0 Å². The molecule has 62 valence electrons. The molecule has 3 rings (SSSR count). The summed E-state index contributed by atoms with van der Waals surface area (Å²) in [6, 6.07) is 3.98. The molecule has 2 aromatic heterocycles. The first-order valence-electron chi connectivity index (χ1n) is 4.19. The van der Waals surface area contributed by atoms with Gasteiger partial charge < -0.3 is 0 Å². The van der Waals surface area contributed by atoms with Crippen LogP contribution in [0.2, 0.25) is 0 Å². The number of hydrogen-bond donors (Lipinski definition) is 0. The van der Waals surface area contributed by atoms with Gasteiger partial charge >= 0.3 is 0 Å². The summed E-state index contributed by atoms with van der Waals surface area (Å²) in [6.45, 7) is 0. The minimum Gasteiger partial charge on any atom is -0.260 e. The average molecular weight is 169 g/mol. The third-order valence-electron chi connectivity index (χ3n) is 2.25. The second kappa shape index (κ2) is 2.36. The van der Waals surface area contributed by atoms with Gasteiger partial charge in [0, 0.05) is 30.6 Å². The van der Waals surface area contributed by atoms with Crippen molar-refractivity contribution in [2.45, 2.75) is 6.42 Å². The van der Waals surface area contributed by atoms with Gasteiger partial charge in [-0.1, -0.05) is 0 Å². The maximum Gasteiger partial charge on any atom is 0.0939 e. The van der Waals surface area contributed by atoms with Crippen molar-refractivity contribution in [3.05, 3.63) is 42.1 Å². The molecule has 2 aromatic rings. The Balaban J connectivity index is 2.32. The van der Waals surface area contributed by atoms with E-state index in [9.17, 15) is 0 Å². The Hall–Kier alpha value is -1.77. The van der Waals surface area contributed by atoms with Gasteiger partial charge in [-0.2, -0.15) is 0 Å². The zero-order valence-electron chi connectivity index (χ0n) is 6.94. The van der Waals surface area contributed by atoms with E-state index >= 15 is 0 Å². The molecule has 0 bridgehead atoms. The summed E-state index contributed by atoms with van der Waals surface area (Å²) in [5, 5.41) is 0. The van der Waals surface area contributed by atoms with Crippen LogP contribution in [0.3, 0.4) is 0 Å². The monoisotopic (exact) mass is 169 g/mol. The molecule has 0 saturated carbocycles. The highest BCUT2D eigenvalue weighted by Gasteiger charge is 2.20. The van der Waals surface area contributed by atoms with Crippen LogP contribution >= 0.6 is 0 Å². The minimum absolute atomic E-state index is 0.819. The van der Waals surface area contributed by atoms with Crippen molar-refractivity contribution >= 4 is 0 Å². The van der Waals surface area contributed by atoms with E-state index in [1.807, 2.05) is 18.3 Å². The summed E-state index contributed by atoms with van der Waals surface area (Å²) in [5.41, 5.74) is 4.25. The fourth-order valence-electron chi connectivity index (χ4n) is 1.67. The lowest BCUT2D eigenvalue weighted by Crippen LogP contribution is -1.87. The van der Waals surface area contributed by atoms with Gasteiger partial charge in [-0.15, -0.1) is 0 Å². The van der Waals surface area contributed by atoms with Gasteiger partial charge in [0.05, 0.1) is 17.1 Å². The molecule has 0 aliphatic heterocycles. The quantitative estimate of drug-likeness (QED) is 0.511. The highest BCUT2D eigenvalue weighted by atomic mass is 14.8. The molecule has 0 unspecified atom stereocenters. The first-order chi connectivity index (χ1) is 6.45. The fraction of sp³-hybridized carbons (Fsp3) is 0.100. The van der Waals surface area contributed by atoms with Gasteiger partial charge in [0.2, 0.25) is 0 Å². The van der Waals surface area contributed by atoms with Crippen molar-refractivity contribution < 1.29 is 0 Å². The van der Waals surface area contributed by atoms with E-state index < -0.39 is 0 Å². The van der Waals surface area contributed by atoms with Crippen LogP contribution < -0.4 is 0 Å². The van der Waals surface area contributed by atoms with E-state index in [1.165, 1.54) is 0 Å². The lowest BCUT2D eigenvalue weighted by atomic mass is 10.2. The second-order valence-corrected chi connectivity index (χ2v) is 3.03. The number of fused-ring (bicyclic) bond motifs is 3. The van der Waals surface area contributed by atoms with Crippen molar-refractivity contribution in [2.75, 3.05) is 0 Å². The molecule has 1 aliphatic carbocycles. The maximum atomic E-state index is 4.30. The summed E-state index contributed by atoms with van der Waals surface area (Å²) < 4.78 is 0. The van der Waals surface area contributed by atoms with Crippen LogP contribution in [0.15, 0.2) is 30.7 Å². The standard InChI is InChI=1S/C10H7N3/c1-2-7-8(11-3-1)6-9-10(7)13-5-4-12-9/h1-5H,6H2. The predicted molar refractivity (Wildman–Crippen MR) is 48.1 cm³/mol. The van der Waals surface area contributed by atoms with Gasteiger partial charge in [0.25, 0.3) is 0 Å². The Morgan fingerprint density at radius 1 is 0.923 bits per heavy atom. The van der Waals surface area contributed by atoms with Crippen LogP contribution in [0.4, 0.5) is 0 Å². The van der Waals surface area contributed by atoms with Gasteiger partial charge in [-0.25, -0.2) is 0 Å². The van der Waals surface area contributed by atoms with E-state index in [2.05, 4.69) is 15.0 Å². The van der Waals surface area contributed by atoms with Crippen LogP contribution in [0.1, 0.15) is 11.4 Å². The van der Waals surface area contributed by atoms with Crippen LogP contribution in [0, 0.1) is 0 Å². The lowest BCUT2D eigenvalue weighted by Gasteiger charge is -1.95. The molecule has 0 spiro atoms. The highest BCUT2D eigenvalue weighted by molar-refractivity contribution is 5.69. The van der Waals surface area contributed by atoms with E-state index in [1.54, 1.807) is 12.4 Å². The normalized spacial score (nSPS) is 12.3.